The molecule has 0 atom stereocenters. The average Bonchev–Trinajstić information content (AvgIpc) is 2.53. The Morgan fingerprint density at radius 2 is 2.14 bits per heavy atom. The van der Waals surface area contributed by atoms with Crippen LogP contribution in [-0.2, 0) is 0 Å². The van der Waals surface area contributed by atoms with Crippen molar-refractivity contribution in [3.8, 4) is 18.1 Å². The van der Waals surface area contributed by atoms with Crippen LogP contribution in [0.3, 0.4) is 0 Å². The first-order chi connectivity index (χ1) is 10.2. The van der Waals surface area contributed by atoms with Crippen LogP contribution in [0.5, 0.6) is 5.75 Å². The third-order valence-electron chi connectivity index (χ3n) is 3.94. The molecule has 0 aliphatic heterocycles. The fourth-order valence-corrected chi connectivity index (χ4v) is 3.22. The first kappa shape index (κ1) is 15.9. The molecule has 0 radical (unpaired) electrons. The number of methoxy groups -OCH3 is 1. The van der Waals surface area contributed by atoms with E-state index in [4.69, 9.17) is 11.2 Å². The lowest BCUT2D eigenvalue weighted by Gasteiger charge is -2.33. The minimum atomic E-state index is -0.0226. The normalized spacial score (nSPS) is 15.3. The van der Waals surface area contributed by atoms with Gasteiger partial charge < -0.3 is 9.64 Å². The zero-order valence-electron chi connectivity index (χ0n) is 12.3. The number of ether oxygens (including phenoxy) is 1. The van der Waals surface area contributed by atoms with Gasteiger partial charge in [-0.2, -0.15) is 0 Å². The molecule has 0 N–H and O–H groups in total. The Kier molecular flexibility index (Phi) is 5.69. The van der Waals surface area contributed by atoms with Crippen LogP contribution >= 0.6 is 15.9 Å². The van der Waals surface area contributed by atoms with Crippen LogP contribution in [0.25, 0.3) is 0 Å². The Labute approximate surface area is 134 Å². The first-order valence-electron chi connectivity index (χ1n) is 7.25. The molecule has 0 heterocycles. The van der Waals surface area contributed by atoms with Gasteiger partial charge in [0.2, 0.25) is 0 Å². The average molecular weight is 350 g/mol. The number of nitrogens with zero attached hydrogens (tertiary/aromatic N) is 1. The van der Waals surface area contributed by atoms with Crippen LogP contribution in [0.15, 0.2) is 22.7 Å². The van der Waals surface area contributed by atoms with Crippen molar-refractivity contribution in [1.82, 2.24) is 4.90 Å². The largest absolute Gasteiger partial charge is 0.497 e. The number of hydrogen-bond donors (Lipinski definition) is 0. The van der Waals surface area contributed by atoms with Crippen molar-refractivity contribution in [3.05, 3.63) is 28.2 Å². The van der Waals surface area contributed by atoms with Crippen molar-refractivity contribution in [3.63, 3.8) is 0 Å². The van der Waals surface area contributed by atoms with Gasteiger partial charge >= 0.3 is 0 Å². The van der Waals surface area contributed by atoms with E-state index in [2.05, 4.69) is 21.9 Å². The Bertz CT molecular complexity index is 544. The highest BCUT2D eigenvalue weighted by Crippen LogP contribution is 2.28. The van der Waals surface area contributed by atoms with Crippen molar-refractivity contribution in [1.29, 1.82) is 0 Å². The fourth-order valence-electron chi connectivity index (χ4n) is 2.81. The summed E-state index contributed by atoms with van der Waals surface area (Å²) >= 11 is 3.45. The molecule has 3 nitrogen and oxygen atoms in total. The second-order valence-corrected chi connectivity index (χ2v) is 6.13. The summed E-state index contributed by atoms with van der Waals surface area (Å²) in [5.41, 5.74) is 0.607. The number of rotatable bonds is 4. The van der Waals surface area contributed by atoms with Crippen LogP contribution in [-0.4, -0.2) is 30.5 Å². The van der Waals surface area contributed by atoms with E-state index in [1.165, 1.54) is 6.42 Å². The number of hydrogen-bond acceptors (Lipinski definition) is 2. The maximum absolute atomic E-state index is 12.9. The van der Waals surface area contributed by atoms with Gasteiger partial charge in [0.1, 0.15) is 5.75 Å². The highest BCUT2D eigenvalue weighted by Gasteiger charge is 2.27. The number of benzene rings is 1. The molecule has 1 fully saturated rings. The molecule has 0 aromatic heterocycles. The lowest BCUT2D eigenvalue weighted by atomic mass is 9.93. The monoisotopic (exact) mass is 349 g/mol. The summed E-state index contributed by atoms with van der Waals surface area (Å²) in [6, 6.07) is 5.67. The van der Waals surface area contributed by atoms with E-state index >= 15 is 0 Å². The molecular formula is C17H20BrNO2. The van der Waals surface area contributed by atoms with E-state index in [0.29, 0.717) is 17.9 Å². The van der Waals surface area contributed by atoms with E-state index in [9.17, 15) is 4.79 Å². The quantitative estimate of drug-likeness (QED) is 0.772. The first-order valence-corrected chi connectivity index (χ1v) is 8.04. The van der Waals surface area contributed by atoms with Gasteiger partial charge in [-0.25, -0.2) is 0 Å². The Hall–Kier alpha value is -1.47. The second kappa shape index (κ2) is 7.51. The molecule has 0 saturated heterocycles. The molecule has 2 rings (SSSR count). The van der Waals surface area contributed by atoms with Crippen LogP contribution in [0.4, 0.5) is 0 Å². The van der Waals surface area contributed by atoms with E-state index in [-0.39, 0.29) is 11.9 Å². The summed E-state index contributed by atoms with van der Waals surface area (Å²) in [7, 11) is 1.60. The minimum Gasteiger partial charge on any atom is -0.497 e. The SMILES string of the molecule is C#CCN(C(=O)c1cc(OC)ccc1Br)C1CCCCC1. The van der Waals surface area contributed by atoms with Crippen molar-refractivity contribution < 1.29 is 9.53 Å². The van der Waals surface area contributed by atoms with Gasteiger partial charge in [0.25, 0.3) is 5.91 Å². The highest BCUT2D eigenvalue weighted by atomic mass is 79.9. The van der Waals surface area contributed by atoms with Crippen molar-refractivity contribution in [2.75, 3.05) is 13.7 Å². The molecule has 1 amide bonds. The minimum absolute atomic E-state index is 0.0226. The van der Waals surface area contributed by atoms with Crippen LogP contribution in [0.1, 0.15) is 42.5 Å². The molecule has 4 heteroatoms. The van der Waals surface area contributed by atoms with Crippen molar-refractivity contribution in [2.24, 2.45) is 0 Å². The molecule has 0 unspecified atom stereocenters. The molecule has 1 aromatic rings. The smallest absolute Gasteiger partial charge is 0.256 e. The lowest BCUT2D eigenvalue weighted by molar-refractivity contribution is 0.0666. The van der Waals surface area contributed by atoms with E-state index in [0.717, 1.165) is 30.2 Å². The Morgan fingerprint density at radius 1 is 1.43 bits per heavy atom. The molecule has 1 aliphatic carbocycles. The van der Waals surface area contributed by atoms with Crippen molar-refractivity contribution in [2.45, 2.75) is 38.1 Å². The third-order valence-corrected chi connectivity index (χ3v) is 4.63. The second-order valence-electron chi connectivity index (χ2n) is 5.27. The molecule has 1 aromatic carbocycles. The van der Waals surface area contributed by atoms with Gasteiger partial charge in [0.15, 0.2) is 0 Å². The number of amides is 1. The zero-order chi connectivity index (χ0) is 15.2. The third kappa shape index (κ3) is 3.79. The Morgan fingerprint density at radius 3 is 2.76 bits per heavy atom. The van der Waals surface area contributed by atoms with Gasteiger partial charge in [-0.3, -0.25) is 4.79 Å². The predicted octanol–water partition coefficient (Wildman–Crippen LogP) is 3.87. The standard InChI is InChI=1S/C17H20BrNO2/c1-3-11-19(13-7-5-4-6-8-13)17(20)15-12-14(21-2)9-10-16(15)18/h1,9-10,12-13H,4-8,11H2,2H3. The fraction of sp³-hybridized carbons (Fsp3) is 0.471. The summed E-state index contributed by atoms with van der Waals surface area (Å²) < 4.78 is 5.98. The van der Waals surface area contributed by atoms with Crippen LogP contribution in [0.2, 0.25) is 0 Å². The topological polar surface area (TPSA) is 29.5 Å². The van der Waals surface area contributed by atoms with Gasteiger partial charge in [0, 0.05) is 10.5 Å². The Balaban J connectivity index is 2.27. The number of carbonyl (C=O) groups is 1. The van der Waals surface area contributed by atoms with Gasteiger partial charge in [0.05, 0.1) is 19.2 Å². The summed E-state index contributed by atoms with van der Waals surface area (Å²) in [6.45, 7) is 0.354. The summed E-state index contributed by atoms with van der Waals surface area (Å²) in [5, 5.41) is 0. The van der Waals surface area contributed by atoms with E-state index < -0.39 is 0 Å². The lowest BCUT2D eigenvalue weighted by Crippen LogP contribution is -2.41. The van der Waals surface area contributed by atoms with Gasteiger partial charge in [-0.15, -0.1) is 6.42 Å². The summed E-state index contributed by atoms with van der Waals surface area (Å²) in [6.07, 6.45) is 11.1. The molecule has 1 saturated carbocycles. The molecule has 0 spiro atoms. The number of carbonyl (C=O) groups excluding carboxylic acids is 1. The van der Waals surface area contributed by atoms with Gasteiger partial charge in [-0.05, 0) is 47.0 Å². The highest BCUT2D eigenvalue weighted by molar-refractivity contribution is 9.10. The molecular weight excluding hydrogens is 330 g/mol. The van der Waals surface area contributed by atoms with Gasteiger partial charge in [-0.1, -0.05) is 25.2 Å². The number of halogens is 1. The maximum Gasteiger partial charge on any atom is 0.256 e. The molecule has 0 bridgehead atoms. The van der Waals surface area contributed by atoms with E-state index in [1.807, 2.05) is 17.0 Å². The zero-order valence-corrected chi connectivity index (χ0v) is 13.9. The predicted molar refractivity (Wildman–Crippen MR) is 87.4 cm³/mol. The molecule has 1 aliphatic rings. The van der Waals surface area contributed by atoms with Crippen LogP contribution < -0.4 is 4.74 Å². The summed E-state index contributed by atoms with van der Waals surface area (Å²) in [4.78, 5) is 14.7. The summed E-state index contributed by atoms with van der Waals surface area (Å²) in [5.74, 6) is 3.27. The number of terminal acetylenes is 1. The maximum atomic E-state index is 12.9. The molecule has 112 valence electrons. The van der Waals surface area contributed by atoms with Crippen LogP contribution in [0, 0.1) is 12.3 Å². The van der Waals surface area contributed by atoms with E-state index in [1.54, 1.807) is 13.2 Å². The van der Waals surface area contributed by atoms with Crippen molar-refractivity contribution >= 4 is 21.8 Å². The molecule has 21 heavy (non-hydrogen) atoms.